The van der Waals surface area contributed by atoms with Crippen LogP contribution < -0.4 is 5.73 Å². The van der Waals surface area contributed by atoms with Gasteiger partial charge in [-0.2, -0.15) is 22.0 Å². The molecule has 3 N–H and O–H groups in total. The molecule has 0 unspecified atom stereocenters. The Bertz CT molecular complexity index is 426. The van der Waals surface area contributed by atoms with Gasteiger partial charge in [0.2, 0.25) is 0 Å². The molecule has 0 aliphatic rings. The van der Waals surface area contributed by atoms with E-state index >= 15 is 0 Å². The van der Waals surface area contributed by atoms with Gasteiger partial charge in [0.1, 0.15) is 11.8 Å². The van der Waals surface area contributed by atoms with Crippen molar-refractivity contribution in [2.75, 3.05) is 0 Å². The molecule has 0 aliphatic heterocycles. The average Bonchev–Trinajstić information content (AvgIpc) is 2.19. The zero-order chi connectivity index (χ0) is 13.4. The Labute approximate surface area is 114 Å². The summed E-state index contributed by atoms with van der Waals surface area (Å²) >= 11 is 2.89. The van der Waals surface area contributed by atoms with E-state index in [1.54, 1.807) is 0 Å². The Morgan fingerprint density at radius 3 is 2.11 bits per heavy atom. The van der Waals surface area contributed by atoms with E-state index in [2.05, 4.69) is 15.9 Å². The number of alkyl halides is 5. The molecule has 2 nitrogen and oxygen atoms in total. The number of benzene rings is 1. The van der Waals surface area contributed by atoms with Crippen molar-refractivity contribution in [3.63, 3.8) is 0 Å². The molecular formula is C9H8BrClF5NO. The number of phenolic OH excluding ortho intramolecular Hbond substituents is 1. The molecule has 0 spiro atoms. The Kier molecular flexibility index (Phi) is 5.39. The molecule has 104 valence electrons. The predicted octanol–water partition coefficient (Wildman–Crippen LogP) is 3.77. The molecular weight excluding hydrogens is 348 g/mol. The zero-order valence-electron chi connectivity index (χ0n) is 8.51. The topological polar surface area (TPSA) is 46.2 Å². The van der Waals surface area contributed by atoms with Crippen molar-refractivity contribution >= 4 is 28.3 Å². The largest absolute Gasteiger partial charge is 0.508 e. The van der Waals surface area contributed by atoms with E-state index in [1.165, 1.54) is 6.07 Å². The number of phenols is 1. The maximum atomic E-state index is 12.9. The predicted molar refractivity (Wildman–Crippen MR) is 61.0 cm³/mol. The van der Waals surface area contributed by atoms with Crippen LogP contribution in [-0.2, 0) is 0 Å². The molecule has 1 aromatic carbocycles. The van der Waals surface area contributed by atoms with Crippen molar-refractivity contribution in [1.29, 1.82) is 0 Å². The molecule has 0 saturated carbocycles. The number of halogens is 7. The molecule has 9 heteroatoms. The van der Waals surface area contributed by atoms with Gasteiger partial charge in [0.25, 0.3) is 0 Å². The molecule has 0 amide bonds. The van der Waals surface area contributed by atoms with Crippen LogP contribution in [0.15, 0.2) is 22.7 Å². The SMILES string of the molecule is Cl.N[C@@H](c1cc(Br)ccc1O)C(F)(F)C(F)(F)F. The van der Waals surface area contributed by atoms with Crippen molar-refractivity contribution in [1.82, 2.24) is 0 Å². The fourth-order valence-electron chi connectivity index (χ4n) is 1.15. The van der Waals surface area contributed by atoms with Gasteiger partial charge in [0.15, 0.2) is 0 Å². The molecule has 0 heterocycles. The number of hydrogen-bond acceptors (Lipinski definition) is 2. The highest BCUT2D eigenvalue weighted by molar-refractivity contribution is 9.10. The second-order valence-corrected chi connectivity index (χ2v) is 4.22. The lowest BCUT2D eigenvalue weighted by Gasteiger charge is -2.26. The lowest BCUT2D eigenvalue weighted by Crippen LogP contribution is -2.45. The molecule has 18 heavy (non-hydrogen) atoms. The van der Waals surface area contributed by atoms with Crippen LogP contribution in [-0.4, -0.2) is 17.2 Å². The fourth-order valence-corrected chi connectivity index (χ4v) is 1.52. The minimum Gasteiger partial charge on any atom is -0.508 e. The smallest absolute Gasteiger partial charge is 0.455 e. The van der Waals surface area contributed by atoms with Crippen molar-refractivity contribution < 1.29 is 27.1 Å². The molecule has 0 saturated heterocycles. The first-order valence-corrected chi connectivity index (χ1v) is 5.05. The van der Waals surface area contributed by atoms with Crippen LogP contribution in [0.5, 0.6) is 5.75 Å². The Balaban J connectivity index is 0.00000289. The highest BCUT2D eigenvalue weighted by Crippen LogP contribution is 2.45. The maximum Gasteiger partial charge on any atom is 0.455 e. The van der Waals surface area contributed by atoms with Crippen LogP contribution in [0.1, 0.15) is 11.6 Å². The number of nitrogens with two attached hydrogens (primary N) is 1. The van der Waals surface area contributed by atoms with Crippen LogP contribution in [0.3, 0.4) is 0 Å². The number of hydrogen-bond donors (Lipinski definition) is 2. The van der Waals surface area contributed by atoms with E-state index in [1.807, 2.05) is 0 Å². The first-order chi connectivity index (χ1) is 7.57. The normalized spacial score (nSPS) is 13.9. The third-order valence-electron chi connectivity index (χ3n) is 2.09. The van der Waals surface area contributed by atoms with Crippen LogP contribution in [0.4, 0.5) is 22.0 Å². The van der Waals surface area contributed by atoms with Gasteiger partial charge in [-0.15, -0.1) is 12.4 Å². The molecule has 1 atom stereocenters. The summed E-state index contributed by atoms with van der Waals surface area (Å²) in [5, 5.41) is 9.23. The van der Waals surface area contributed by atoms with Gasteiger partial charge in [-0.3, -0.25) is 0 Å². The second-order valence-electron chi connectivity index (χ2n) is 3.30. The summed E-state index contributed by atoms with van der Waals surface area (Å²) in [5.74, 6) is -5.84. The van der Waals surface area contributed by atoms with Gasteiger partial charge in [0, 0.05) is 10.0 Å². The van der Waals surface area contributed by atoms with Gasteiger partial charge in [-0.05, 0) is 18.2 Å². The zero-order valence-corrected chi connectivity index (χ0v) is 10.9. The summed E-state index contributed by atoms with van der Waals surface area (Å²) in [4.78, 5) is 0. The van der Waals surface area contributed by atoms with E-state index in [-0.39, 0.29) is 16.9 Å². The molecule has 1 aromatic rings. The Morgan fingerprint density at radius 1 is 1.17 bits per heavy atom. The van der Waals surface area contributed by atoms with E-state index in [9.17, 15) is 27.1 Å². The van der Waals surface area contributed by atoms with E-state index in [0.717, 1.165) is 12.1 Å². The quantitative estimate of drug-likeness (QED) is 0.792. The lowest BCUT2D eigenvalue weighted by atomic mass is 10.00. The van der Waals surface area contributed by atoms with Gasteiger partial charge in [0.05, 0.1) is 0 Å². The fraction of sp³-hybridized carbons (Fsp3) is 0.333. The second kappa shape index (κ2) is 5.58. The van der Waals surface area contributed by atoms with Gasteiger partial charge < -0.3 is 10.8 Å². The van der Waals surface area contributed by atoms with Crippen molar-refractivity contribution in [2.45, 2.75) is 18.1 Å². The van der Waals surface area contributed by atoms with Crippen LogP contribution >= 0.6 is 28.3 Å². The standard InChI is InChI=1S/C9H7BrF5NO.ClH/c10-4-1-2-6(17)5(3-4)7(16)8(11,12)9(13,14)15;/h1-3,7,17H,16H2;1H/t7-;/m0./s1. The molecule has 0 radical (unpaired) electrons. The third-order valence-corrected chi connectivity index (χ3v) is 2.59. The van der Waals surface area contributed by atoms with Crippen molar-refractivity contribution in [3.8, 4) is 5.75 Å². The van der Waals surface area contributed by atoms with Gasteiger partial charge in [-0.25, -0.2) is 0 Å². The lowest BCUT2D eigenvalue weighted by molar-refractivity contribution is -0.291. The minimum atomic E-state index is -5.78. The summed E-state index contributed by atoms with van der Waals surface area (Å²) < 4.78 is 62.4. The van der Waals surface area contributed by atoms with Crippen LogP contribution in [0, 0.1) is 0 Å². The molecule has 0 aromatic heterocycles. The summed E-state index contributed by atoms with van der Waals surface area (Å²) in [5.41, 5.74) is 4.20. The van der Waals surface area contributed by atoms with Crippen molar-refractivity contribution in [2.24, 2.45) is 5.73 Å². The van der Waals surface area contributed by atoms with Gasteiger partial charge in [-0.1, -0.05) is 15.9 Å². The van der Waals surface area contributed by atoms with E-state index < -0.39 is 29.5 Å². The Morgan fingerprint density at radius 2 is 1.67 bits per heavy atom. The van der Waals surface area contributed by atoms with Gasteiger partial charge >= 0.3 is 12.1 Å². The van der Waals surface area contributed by atoms with Crippen LogP contribution in [0.25, 0.3) is 0 Å². The first-order valence-electron chi connectivity index (χ1n) is 4.26. The highest BCUT2D eigenvalue weighted by atomic mass is 79.9. The summed E-state index contributed by atoms with van der Waals surface area (Å²) in [6.45, 7) is 0. The monoisotopic (exact) mass is 355 g/mol. The summed E-state index contributed by atoms with van der Waals surface area (Å²) in [6.07, 6.45) is -5.78. The molecule has 0 fully saturated rings. The third kappa shape index (κ3) is 3.24. The maximum absolute atomic E-state index is 12.9. The number of rotatable bonds is 2. The highest BCUT2D eigenvalue weighted by Gasteiger charge is 2.62. The molecule has 0 aliphatic carbocycles. The van der Waals surface area contributed by atoms with E-state index in [4.69, 9.17) is 5.73 Å². The average molecular weight is 357 g/mol. The molecule has 0 bridgehead atoms. The first kappa shape index (κ1) is 17.4. The summed E-state index contributed by atoms with van der Waals surface area (Å²) in [7, 11) is 0. The summed E-state index contributed by atoms with van der Waals surface area (Å²) in [6, 6.07) is 0.517. The Hall–Kier alpha value is -0.600. The molecule has 1 rings (SSSR count). The van der Waals surface area contributed by atoms with E-state index in [0.29, 0.717) is 0 Å². The van der Waals surface area contributed by atoms with Crippen LogP contribution in [0.2, 0.25) is 0 Å². The van der Waals surface area contributed by atoms with Crippen molar-refractivity contribution in [3.05, 3.63) is 28.2 Å². The minimum absolute atomic E-state index is 0. The number of aromatic hydroxyl groups is 1.